The molecule has 1 aromatic heterocycles. The summed E-state index contributed by atoms with van der Waals surface area (Å²) in [5.74, 6) is 0. The van der Waals surface area contributed by atoms with E-state index >= 15 is 0 Å². The predicted molar refractivity (Wildman–Crippen MR) is 55.5 cm³/mol. The first-order valence-electron chi connectivity index (χ1n) is 4.74. The molecule has 1 aromatic rings. The fourth-order valence-corrected chi connectivity index (χ4v) is 1.10. The van der Waals surface area contributed by atoms with Gasteiger partial charge in [0.1, 0.15) is 0 Å². The lowest BCUT2D eigenvalue weighted by Gasteiger charge is -2.02. The van der Waals surface area contributed by atoms with Crippen LogP contribution in [0.1, 0.15) is 19.0 Å². The summed E-state index contributed by atoms with van der Waals surface area (Å²) in [6.07, 6.45) is 3.85. The van der Waals surface area contributed by atoms with Crippen LogP contribution < -0.4 is 11.1 Å². The molecule has 0 radical (unpaired) electrons. The summed E-state index contributed by atoms with van der Waals surface area (Å²) in [5, 5.41) is 3.33. The van der Waals surface area contributed by atoms with E-state index in [1.807, 2.05) is 12.1 Å². The van der Waals surface area contributed by atoms with E-state index in [1.165, 1.54) is 6.42 Å². The van der Waals surface area contributed by atoms with Crippen LogP contribution in [0.5, 0.6) is 0 Å². The second kappa shape index (κ2) is 5.54. The molecule has 1 heterocycles. The van der Waals surface area contributed by atoms with Crippen LogP contribution in [0.4, 0.5) is 5.69 Å². The van der Waals surface area contributed by atoms with E-state index in [0.29, 0.717) is 0 Å². The number of rotatable bonds is 5. The molecule has 13 heavy (non-hydrogen) atoms. The van der Waals surface area contributed by atoms with Gasteiger partial charge in [-0.25, -0.2) is 0 Å². The van der Waals surface area contributed by atoms with Crippen LogP contribution in [-0.2, 0) is 6.42 Å². The maximum absolute atomic E-state index is 5.52. The van der Waals surface area contributed by atoms with Gasteiger partial charge in [0.15, 0.2) is 0 Å². The Hall–Kier alpha value is -1.09. The lowest BCUT2D eigenvalue weighted by molar-refractivity contribution is 0.666. The first-order valence-corrected chi connectivity index (χ1v) is 4.74. The Kier molecular flexibility index (Phi) is 4.26. The molecule has 0 saturated heterocycles. The van der Waals surface area contributed by atoms with Crippen molar-refractivity contribution in [2.24, 2.45) is 0 Å². The molecule has 3 heteroatoms. The third kappa shape index (κ3) is 3.90. The lowest BCUT2D eigenvalue weighted by atomic mass is 10.2. The molecule has 72 valence electrons. The summed E-state index contributed by atoms with van der Waals surface area (Å²) >= 11 is 0. The van der Waals surface area contributed by atoms with Crippen LogP contribution in [0.25, 0.3) is 0 Å². The number of nitrogen functional groups attached to an aromatic ring is 1. The zero-order chi connectivity index (χ0) is 9.52. The molecule has 3 nitrogen and oxygen atoms in total. The molecular formula is C10H17N3. The summed E-state index contributed by atoms with van der Waals surface area (Å²) in [6, 6.07) is 3.87. The number of nitrogens with zero attached hydrogens (tertiary/aromatic N) is 1. The molecule has 0 spiro atoms. The highest BCUT2D eigenvalue weighted by molar-refractivity contribution is 5.34. The number of nitrogens with one attached hydrogen (secondary N) is 1. The molecule has 0 bridgehead atoms. The zero-order valence-electron chi connectivity index (χ0n) is 8.09. The van der Waals surface area contributed by atoms with Crippen LogP contribution in [0.3, 0.4) is 0 Å². The van der Waals surface area contributed by atoms with E-state index in [2.05, 4.69) is 17.2 Å². The van der Waals surface area contributed by atoms with Gasteiger partial charge in [-0.15, -0.1) is 0 Å². The van der Waals surface area contributed by atoms with Gasteiger partial charge in [0.2, 0.25) is 0 Å². The smallest absolute Gasteiger partial charge is 0.0501 e. The average Bonchev–Trinajstić information content (AvgIpc) is 2.15. The predicted octanol–water partition coefficient (Wildman–Crippen LogP) is 1.21. The van der Waals surface area contributed by atoms with Crippen molar-refractivity contribution in [1.82, 2.24) is 10.3 Å². The van der Waals surface area contributed by atoms with Crippen molar-refractivity contribution in [3.8, 4) is 0 Å². The standard InChI is InChI=1S/C10H17N3/c1-2-6-12-7-5-10-4-3-9(11)8-13-10/h3-4,8,12H,2,5-7,11H2,1H3. The second-order valence-electron chi connectivity index (χ2n) is 3.08. The Morgan fingerprint density at radius 3 is 2.85 bits per heavy atom. The first-order chi connectivity index (χ1) is 6.33. The van der Waals surface area contributed by atoms with Crippen molar-refractivity contribution in [2.45, 2.75) is 19.8 Å². The molecule has 0 aromatic carbocycles. The molecule has 0 aliphatic rings. The molecular weight excluding hydrogens is 162 g/mol. The number of anilines is 1. The minimum atomic E-state index is 0.727. The van der Waals surface area contributed by atoms with E-state index in [9.17, 15) is 0 Å². The Labute approximate surface area is 79.4 Å². The van der Waals surface area contributed by atoms with Crippen molar-refractivity contribution in [3.63, 3.8) is 0 Å². The van der Waals surface area contributed by atoms with Gasteiger partial charge in [0.25, 0.3) is 0 Å². The summed E-state index contributed by atoms with van der Waals surface area (Å²) < 4.78 is 0. The van der Waals surface area contributed by atoms with Crippen molar-refractivity contribution in [3.05, 3.63) is 24.0 Å². The molecule has 0 fully saturated rings. The molecule has 1 rings (SSSR count). The normalized spacial score (nSPS) is 10.2. The third-order valence-electron chi connectivity index (χ3n) is 1.83. The Bertz CT molecular complexity index is 230. The number of hydrogen-bond acceptors (Lipinski definition) is 3. The Balaban J connectivity index is 2.25. The molecule has 0 atom stereocenters. The molecule has 3 N–H and O–H groups in total. The SMILES string of the molecule is CCCNCCc1ccc(N)cn1. The van der Waals surface area contributed by atoms with E-state index < -0.39 is 0 Å². The minimum absolute atomic E-state index is 0.727. The van der Waals surface area contributed by atoms with E-state index in [4.69, 9.17) is 5.73 Å². The number of pyridine rings is 1. The summed E-state index contributed by atoms with van der Waals surface area (Å²) in [6.45, 7) is 4.23. The van der Waals surface area contributed by atoms with Gasteiger partial charge in [-0.05, 0) is 25.1 Å². The van der Waals surface area contributed by atoms with Gasteiger partial charge < -0.3 is 11.1 Å². The average molecular weight is 179 g/mol. The first kappa shape index (κ1) is 9.99. The van der Waals surface area contributed by atoms with E-state index in [-0.39, 0.29) is 0 Å². The lowest BCUT2D eigenvalue weighted by Crippen LogP contribution is -2.18. The van der Waals surface area contributed by atoms with Crippen LogP contribution in [-0.4, -0.2) is 18.1 Å². The van der Waals surface area contributed by atoms with Gasteiger partial charge in [0, 0.05) is 18.7 Å². The number of aromatic nitrogens is 1. The fourth-order valence-electron chi connectivity index (χ4n) is 1.10. The maximum Gasteiger partial charge on any atom is 0.0501 e. The van der Waals surface area contributed by atoms with Crippen molar-refractivity contribution >= 4 is 5.69 Å². The fraction of sp³-hybridized carbons (Fsp3) is 0.500. The van der Waals surface area contributed by atoms with Crippen molar-refractivity contribution in [1.29, 1.82) is 0 Å². The quantitative estimate of drug-likeness (QED) is 0.668. The molecule has 0 saturated carbocycles. The summed E-state index contributed by atoms with van der Waals surface area (Å²) in [4.78, 5) is 4.21. The third-order valence-corrected chi connectivity index (χ3v) is 1.83. The highest BCUT2D eigenvalue weighted by atomic mass is 14.8. The van der Waals surface area contributed by atoms with Crippen LogP contribution in [0.15, 0.2) is 18.3 Å². The van der Waals surface area contributed by atoms with Gasteiger partial charge >= 0.3 is 0 Å². The van der Waals surface area contributed by atoms with Crippen molar-refractivity contribution in [2.75, 3.05) is 18.8 Å². The van der Waals surface area contributed by atoms with Crippen molar-refractivity contribution < 1.29 is 0 Å². The van der Waals surface area contributed by atoms with Gasteiger partial charge in [-0.2, -0.15) is 0 Å². The topological polar surface area (TPSA) is 50.9 Å². The largest absolute Gasteiger partial charge is 0.397 e. The van der Waals surface area contributed by atoms with Gasteiger partial charge in [-0.3, -0.25) is 4.98 Å². The summed E-state index contributed by atoms with van der Waals surface area (Å²) in [5.41, 5.74) is 7.35. The zero-order valence-corrected chi connectivity index (χ0v) is 8.09. The Morgan fingerprint density at radius 1 is 1.38 bits per heavy atom. The Morgan fingerprint density at radius 2 is 2.23 bits per heavy atom. The summed E-state index contributed by atoms with van der Waals surface area (Å²) in [7, 11) is 0. The van der Waals surface area contributed by atoms with Gasteiger partial charge in [0.05, 0.1) is 11.9 Å². The highest BCUT2D eigenvalue weighted by Crippen LogP contribution is 2.00. The van der Waals surface area contributed by atoms with Crippen LogP contribution >= 0.6 is 0 Å². The minimum Gasteiger partial charge on any atom is -0.397 e. The molecule has 0 aliphatic carbocycles. The van der Waals surface area contributed by atoms with E-state index in [1.54, 1.807) is 6.20 Å². The molecule has 0 amide bonds. The van der Waals surface area contributed by atoms with Gasteiger partial charge in [-0.1, -0.05) is 6.92 Å². The number of nitrogens with two attached hydrogens (primary N) is 1. The molecule has 0 aliphatic heterocycles. The van der Waals surface area contributed by atoms with Crippen LogP contribution in [0, 0.1) is 0 Å². The van der Waals surface area contributed by atoms with Crippen LogP contribution in [0.2, 0.25) is 0 Å². The maximum atomic E-state index is 5.52. The monoisotopic (exact) mass is 179 g/mol. The van der Waals surface area contributed by atoms with E-state index in [0.717, 1.165) is 30.9 Å². The second-order valence-corrected chi connectivity index (χ2v) is 3.08. The highest BCUT2D eigenvalue weighted by Gasteiger charge is 1.93. The number of hydrogen-bond donors (Lipinski definition) is 2. The molecule has 0 unspecified atom stereocenters.